The minimum atomic E-state index is -0.252. The first kappa shape index (κ1) is 14.9. The van der Waals surface area contributed by atoms with Crippen molar-refractivity contribution in [2.75, 3.05) is 18.2 Å². The van der Waals surface area contributed by atoms with E-state index in [1.165, 1.54) is 0 Å². The summed E-state index contributed by atoms with van der Waals surface area (Å²) in [6, 6.07) is 10.5. The Morgan fingerprint density at radius 3 is 2.70 bits per heavy atom. The van der Waals surface area contributed by atoms with E-state index in [9.17, 15) is 4.79 Å². The molecular formula is C14H12Br2N2O2. The number of hydrogen-bond acceptors (Lipinski definition) is 3. The number of halogens is 2. The van der Waals surface area contributed by atoms with Gasteiger partial charge in [0.15, 0.2) is 0 Å². The summed E-state index contributed by atoms with van der Waals surface area (Å²) in [7, 11) is 1.57. The van der Waals surface area contributed by atoms with Crippen molar-refractivity contribution >= 4 is 49.1 Å². The molecule has 0 aliphatic heterocycles. The molecular weight excluding hydrogens is 388 g/mol. The maximum absolute atomic E-state index is 12.3. The molecule has 0 saturated heterocycles. The van der Waals surface area contributed by atoms with Crippen LogP contribution in [0, 0.1) is 0 Å². The second kappa shape index (κ2) is 6.28. The van der Waals surface area contributed by atoms with Crippen molar-refractivity contribution in [2.45, 2.75) is 0 Å². The van der Waals surface area contributed by atoms with Crippen molar-refractivity contribution in [1.82, 2.24) is 0 Å². The van der Waals surface area contributed by atoms with Gasteiger partial charge in [0.2, 0.25) is 0 Å². The van der Waals surface area contributed by atoms with E-state index in [-0.39, 0.29) is 5.91 Å². The number of amides is 1. The van der Waals surface area contributed by atoms with Gasteiger partial charge in [-0.2, -0.15) is 0 Å². The fourth-order valence-corrected chi connectivity index (χ4v) is 2.43. The highest BCUT2D eigenvalue weighted by Gasteiger charge is 2.13. The molecule has 0 unspecified atom stereocenters. The van der Waals surface area contributed by atoms with Crippen LogP contribution in [0.1, 0.15) is 10.4 Å². The maximum Gasteiger partial charge on any atom is 0.256 e. The number of carbonyl (C=O) groups is 1. The lowest BCUT2D eigenvalue weighted by Gasteiger charge is -2.11. The van der Waals surface area contributed by atoms with E-state index < -0.39 is 0 Å². The van der Waals surface area contributed by atoms with E-state index in [0.717, 1.165) is 4.47 Å². The van der Waals surface area contributed by atoms with E-state index >= 15 is 0 Å². The highest BCUT2D eigenvalue weighted by Crippen LogP contribution is 2.29. The minimum Gasteiger partial charge on any atom is -0.497 e. The summed E-state index contributed by atoms with van der Waals surface area (Å²) >= 11 is 6.71. The van der Waals surface area contributed by atoms with Gasteiger partial charge in [-0.15, -0.1) is 0 Å². The van der Waals surface area contributed by atoms with Crippen molar-refractivity contribution in [3.8, 4) is 5.75 Å². The Hall–Kier alpha value is -1.53. The molecule has 0 fully saturated rings. The lowest BCUT2D eigenvalue weighted by atomic mass is 10.2. The number of methoxy groups -OCH3 is 1. The smallest absolute Gasteiger partial charge is 0.256 e. The van der Waals surface area contributed by atoms with Crippen LogP contribution in [0.2, 0.25) is 0 Å². The van der Waals surface area contributed by atoms with Gasteiger partial charge in [-0.1, -0.05) is 6.07 Å². The molecule has 20 heavy (non-hydrogen) atoms. The molecule has 104 valence electrons. The second-order valence-electron chi connectivity index (χ2n) is 4.01. The van der Waals surface area contributed by atoms with Crippen molar-refractivity contribution in [2.24, 2.45) is 0 Å². The Morgan fingerprint density at radius 1 is 1.25 bits per heavy atom. The van der Waals surface area contributed by atoms with Gasteiger partial charge in [-0.05, 0) is 56.1 Å². The third-order valence-corrected chi connectivity index (χ3v) is 4.27. The number of ether oxygens (including phenoxy) is 1. The van der Waals surface area contributed by atoms with Crippen LogP contribution in [-0.2, 0) is 0 Å². The zero-order valence-electron chi connectivity index (χ0n) is 10.6. The average Bonchev–Trinajstić information content (AvgIpc) is 2.44. The predicted octanol–water partition coefficient (Wildman–Crippen LogP) is 4.05. The third kappa shape index (κ3) is 3.13. The summed E-state index contributed by atoms with van der Waals surface area (Å²) in [6.07, 6.45) is 0. The number of rotatable bonds is 3. The van der Waals surface area contributed by atoms with E-state index in [1.807, 2.05) is 6.07 Å². The van der Waals surface area contributed by atoms with E-state index in [4.69, 9.17) is 10.5 Å². The molecule has 2 aromatic carbocycles. The largest absolute Gasteiger partial charge is 0.497 e. The molecule has 0 aromatic heterocycles. The Kier molecular flexibility index (Phi) is 4.67. The van der Waals surface area contributed by atoms with Gasteiger partial charge in [0, 0.05) is 16.2 Å². The monoisotopic (exact) mass is 398 g/mol. The van der Waals surface area contributed by atoms with Gasteiger partial charge in [-0.25, -0.2) is 0 Å². The summed E-state index contributed by atoms with van der Waals surface area (Å²) in [5.74, 6) is 0.410. The lowest BCUT2D eigenvalue weighted by Crippen LogP contribution is -2.13. The van der Waals surface area contributed by atoms with Crippen molar-refractivity contribution in [3.63, 3.8) is 0 Å². The number of nitrogens with one attached hydrogen (secondary N) is 1. The normalized spacial score (nSPS) is 10.2. The first-order chi connectivity index (χ1) is 9.52. The first-order valence-electron chi connectivity index (χ1n) is 5.72. The Balaban J connectivity index is 2.30. The van der Waals surface area contributed by atoms with Crippen LogP contribution in [0.5, 0.6) is 5.75 Å². The number of nitrogens with two attached hydrogens (primary N) is 1. The molecule has 0 aliphatic rings. The Morgan fingerprint density at radius 2 is 2.00 bits per heavy atom. The minimum absolute atomic E-state index is 0.252. The molecule has 0 radical (unpaired) electrons. The van der Waals surface area contributed by atoms with E-state index in [0.29, 0.717) is 27.2 Å². The molecule has 0 aliphatic carbocycles. The SMILES string of the molecule is COc1ccc(Br)c(NC(=O)c2cccc(N)c2Br)c1. The summed E-state index contributed by atoms with van der Waals surface area (Å²) in [5.41, 5.74) is 7.39. The fourth-order valence-electron chi connectivity index (χ4n) is 1.64. The number of benzene rings is 2. The van der Waals surface area contributed by atoms with Crippen LogP contribution in [-0.4, -0.2) is 13.0 Å². The van der Waals surface area contributed by atoms with Crippen molar-refractivity contribution in [3.05, 3.63) is 50.9 Å². The molecule has 4 nitrogen and oxygen atoms in total. The summed E-state index contributed by atoms with van der Waals surface area (Å²) in [5, 5.41) is 2.82. The summed E-state index contributed by atoms with van der Waals surface area (Å²) < 4.78 is 6.49. The highest BCUT2D eigenvalue weighted by atomic mass is 79.9. The van der Waals surface area contributed by atoms with Gasteiger partial charge >= 0.3 is 0 Å². The van der Waals surface area contributed by atoms with Gasteiger partial charge < -0.3 is 15.8 Å². The van der Waals surface area contributed by atoms with Crippen LogP contribution in [0.4, 0.5) is 11.4 Å². The summed E-state index contributed by atoms with van der Waals surface area (Å²) in [4.78, 5) is 12.3. The van der Waals surface area contributed by atoms with Crippen LogP contribution < -0.4 is 15.8 Å². The van der Waals surface area contributed by atoms with Gasteiger partial charge in [0.25, 0.3) is 5.91 Å². The van der Waals surface area contributed by atoms with Gasteiger partial charge in [-0.3, -0.25) is 4.79 Å². The van der Waals surface area contributed by atoms with Crippen LogP contribution in [0.15, 0.2) is 45.3 Å². The number of nitrogen functional groups attached to an aromatic ring is 1. The second-order valence-corrected chi connectivity index (χ2v) is 5.66. The summed E-state index contributed by atoms with van der Waals surface area (Å²) in [6.45, 7) is 0. The van der Waals surface area contributed by atoms with Crippen LogP contribution in [0.3, 0.4) is 0 Å². The highest BCUT2D eigenvalue weighted by molar-refractivity contribution is 9.11. The predicted molar refractivity (Wildman–Crippen MR) is 87.2 cm³/mol. The number of carbonyl (C=O) groups excluding carboxylic acids is 1. The third-order valence-electron chi connectivity index (χ3n) is 2.69. The lowest BCUT2D eigenvalue weighted by molar-refractivity contribution is 0.102. The first-order valence-corrected chi connectivity index (χ1v) is 7.30. The molecule has 0 heterocycles. The molecule has 3 N–H and O–H groups in total. The van der Waals surface area contributed by atoms with E-state index in [1.54, 1.807) is 37.4 Å². The number of hydrogen-bond donors (Lipinski definition) is 2. The fraction of sp³-hybridized carbons (Fsp3) is 0.0714. The maximum atomic E-state index is 12.3. The molecule has 2 rings (SSSR count). The van der Waals surface area contributed by atoms with E-state index in [2.05, 4.69) is 37.2 Å². The molecule has 6 heteroatoms. The standard InChI is InChI=1S/C14H12Br2N2O2/c1-20-8-5-6-10(15)12(7-8)18-14(19)9-3-2-4-11(17)13(9)16/h2-7H,17H2,1H3,(H,18,19). The van der Waals surface area contributed by atoms with Crippen molar-refractivity contribution < 1.29 is 9.53 Å². The molecule has 1 amide bonds. The molecule has 0 atom stereocenters. The number of anilines is 2. The zero-order chi connectivity index (χ0) is 14.7. The van der Waals surface area contributed by atoms with Crippen LogP contribution in [0.25, 0.3) is 0 Å². The Bertz CT molecular complexity index is 660. The quantitative estimate of drug-likeness (QED) is 0.765. The van der Waals surface area contributed by atoms with Gasteiger partial charge in [0.05, 0.1) is 22.8 Å². The molecule has 0 bridgehead atoms. The zero-order valence-corrected chi connectivity index (χ0v) is 13.8. The molecule has 2 aromatic rings. The van der Waals surface area contributed by atoms with Gasteiger partial charge in [0.1, 0.15) is 5.75 Å². The topological polar surface area (TPSA) is 64.3 Å². The Labute approximate surface area is 133 Å². The molecule has 0 saturated carbocycles. The van der Waals surface area contributed by atoms with Crippen LogP contribution >= 0.6 is 31.9 Å². The molecule has 0 spiro atoms. The van der Waals surface area contributed by atoms with Crippen molar-refractivity contribution in [1.29, 1.82) is 0 Å². The average molecular weight is 400 g/mol.